The Morgan fingerprint density at radius 1 is 1.24 bits per heavy atom. The second kappa shape index (κ2) is 10.9. The number of hydrogen-bond donors (Lipinski definition) is 1. The van der Waals surface area contributed by atoms with Crippen molar-refractivity contribution in [3.63, 3.8) is 0 Å². The lowest BCUT2D eigenvalue weighted by molar-refractivity contribution is -0.136. The molecule has 0 spiro atoms. The lowest BCUT2D eigenvalue weighted by Crippen LogP contribution is -2.25. The monoisotopic (exact) mass is 399 g/mol. The van der Waals surface area contributed by atoms with Crippen LogP contribution in [0.4, 0.5) is 5.69 Å². The highest BCUT2D eigenvalue weighted by Crippen LogP contribution is 2.40. The number of aromatic nitrogens is 2. The molecule has 0 amide bonds. The summed E-state index contributed by atoms with van der Waals surface area (Å²) in [5.74, 6) is 0.540. The van der Waals surface area contributed by atoms with Gasteiger partial charge < -0.3 is 19.3 Å². The molecule has 0 saturated carbocycles. The molecule has 1 atom stereocenters. The molecule has 6 nitrogen and oxygen atoms in total. The average Bonchev–Trinajstić information content (AvgIpc) is 3.35. The number of hydrogen-bond acceptors (Lipinski definition) is 4. The quantitative estimate of drug-likeness (QED) is 0.495. The van der Waals surface area contributed by atoms with Gasteiger partial charge in [0.2, 0.25) is 0 Å². The van der Waals surface area contributed by atoms with E-state index >= 15 is 0 Å². The molecule has 2 aromatic rings. The molecule has 1 aromatic heterocycles. The first-order valence-corrected chi connectivity index (χ1v) is 10.9. The third-order valence-electron chi connectivity index (χ3n) is 5.63. The van der Waals surface area contributed by atoms with E-state index in [-0.39, 0.29) is 6.42 Å². The van der Waals surface area contributed by atoms with Crippen LogP contribution in [0.25, 0.3) is 0 Å². The van der Waals surface area contributed by atoms with E-state index < -0.39 is 5.97 Å². The van der Waals surface area contributed by atoms with E-state index in [2.05, 4.69) is 33.5 Å². The maximum absolute atomic E-state index is 11.0. The van der Waals surface area contributed by atoms with Crippen LogP contribution in [0.5, 0.6) is 5.75 Å². The van der Waals surface area contributed by atoms with Crippen molar-refractivity contribution in [1.29, 1.82) is 0 Å². The van der Waals surface area contributed by atoms with Crippen LogP contribution in [0.1, 0.15) is 63.4 Å². The number of aryl methyl sites for hydroxylation is 1. The Hall–Kier alpha value is -2.50. The molecule has 3 rings (SSSR count). The van der Waals surface area contributed by atoms with Crippen molar-refractivity contribution in [2.45, 2.75) is 64.3 Å². The standard InChI is InChI=1S/C23H33N3O3/c1-2-3-4-5-6-15-29-20-7-8-22-21(16-20)19(9-12-25-14-11-24-18-25)17-26(22)13-10-23(27)28/h7-8,11,14,16,18-19H,2-6,9-10,12-13,15,17H2,1H3,(H,27,28). The van der Waals surface area contributed by atoms with Crippen LogP contribution < -0.4 is 9.64 Å². The van der Waals surface area contributed by atoms with Gasteiger partial charge in [0.1, 0.15) is 5.75 Å². The summed E-state index contributed by atoms with van der Waals surface area (Å²) in [5, 5.41) is 9.08. The van der Waals surface area contributed by atoms with E-state index in [9.17, 15) is 4.79 Å². The van der Waals surface area contributed by atoms with Crippen molar-refractivity contribution >= 4 is 11.7 Å². The molecule has 0 aliphatic carbocycles. The van der Waals surface area contributed by atoms with E-state index in [1.807, 2.05) is 18.6 Å². The van der Waals surface area contributed by atoms with Crippen LogP contribution in [0.2, 0.25) is 0 Å². The van der Waals surface area contributed by atoms with Gasteiger partial charge in [-0.1, -0.05) is 32.6 Å². The van der Waals surface area contributed by atoms with Crippen molar-refractivity contribution in [2.24, 2.45) is 0 Å². The van der Waals surface area contributed by atoms with Crippen molar-refractivity contribution in [3.05, 3.63) is 42.5 Å². The zero-order chi connectivity index (χ0) is 20.5. The first-order chi connectivity index (χ1) is 14.2. The number of fused-ring (bicyclic) bond motifs is 1. The van der Waals surface area contributed by atoms with Crippen LogP contribution >= 0.6 is 0 Å². The largest absolute Gasteiger partial charge is 0.494 e. The summed E-state index contributed by atoms with van der Waals surface area (Å²) in [4.78, 5) is 17.4. The average molecular weight is 400 g/mol. The summed E-state index contributed by atoms with van der Waals surface area (Å²) in [7, 11) is 0. The smallest absolute Gasteiger partial charge is 0.305 e. The minimum Gasteiger partial charge on any atom is -0.494 e. The number of carboxylic acids is 1. The van der Waals surface area contributed by atoms with Gasteiger partial charge in [0.15, 0.2) is 0 Å². The second-order valence-corrected chi connectivity index (χ2v) is 7.86. The van der Waals surface area contributed by atoms with Gasteiger partial charge in [0.25, 0.3) is 0 Å². The van der Waals surface area contributed by atoms with Crippen molar-refractivity contribution in [3.8, 4) is 5.75 Å². The third kappa shape index (κ3) is 6.24. The molecular formula is C23H33N3O3. The zero-order valence-electron chi connectivity index (χ0n) is 17.4. The van der Waals surface area contributed by atoms with Crippen LogP contribution in [0.3, 0.4) is 0 Å². The molecule has 0 fully saturated rings. The molecule has 0 saturated heterocycles. The highest BCUT2D eigenvalue weighted by molar-refractivity contribution is 5.69. The molecule has 158 valence electrons. The fraction of sp³-hybridized carbons (Fsp3) is 0.565. The molecule has 29 heavy (non-hydrogen) atoms. The molecule has 1 aliphatic rings. The minimum atomic E-state index is -0.753. The number of benzene rings is 1. The maximum Gasteiger partial charge on any atom is 0.305 e. The predicted molar refractivity (Wildman–Crippen MR) is 115 cm³/mol. The lowest BCUT2D eigenvalue weighted by atomic mass is 9.97. The molecule has 0 radical (unpaired) electrons. The summed E-state index contributed by atoms with van der Waals surface area (Å²) in [6, 6.07) is 6.29. The fourth-order valence-corrected chi connectivity index (χ4v) is 4.01. The Bertz CT molecular complexity index is 761. The lowest BCUT2D eigenvalue weighted by Gasteiger charge is -2.19. The summed E-state index contributed by atoms with van der Waals surface area (Å²) < 4.78 is 8.11. The molecule has 1 unspecified atom stereocenters. The SMILES string of the molecule is CCCCCCCOc1ccc2c(c1)C(CCn1ccnc1)CN2CCC(=O)O. The number of carbonyl (C=O) groups is 1. The molecule has 1 N–H and O–H groups in total. The maximum atomic E-state index is 11.0. The number of aliphatic carboxylic acids is 1. The predicted octanol–water partition coefficient (Wildman–Crippen LogP) is 4.70. The van der Waals surface area contributed by atoms with Gasteiger partial charge in [-0.3, -0.25) is 4.79 Å². The van der Waals surface area contributed by atoms with E-state index in [1.165, 1.54) is 31.2 Å². The Kier molecular flexibility index (Phi) is 7.96. The molecule has 6 heteroatoms. The molecular weight excluding hydrogens is 366 g/mol. The van der Waals surface area contributed by atoms with Crippen LogP contribution in [0, 0.1) is 0 Å². The number of unbranched alkanes of at least 4 members (excludes halogenated alkanes) is 4. The molecule has 1 aliphatic heterocycles. The zero-order valence-corrected chi connectivity index (χ0v) is 17.4. The Balaban J connectivity index is 1.62. The van der Waals surface area contributed by atoms with E-state index in [1.54, 1.807) is 6.20 Å². The van der Waals surface area contributed by atoms with Crippen LogP contribution in [-0.2, 0) is 11.3 Å². The van der Waals surface area contributed by atoms with Crippen LogP contribution in [0.15, 0.2) is 36.9 Å². The Morgan fingerprint density at radius 3 is 2.86 bits per heavy atom. The van der Waals surface area contributed by atoms with Gasteiger partial charge in [0, 0.05) is 43.6 Å². The Labute approximate surface area is 173 Å². The van der Waals surface area contributed by atoms with Crippen molar-refractivity contribution in [1.82, 2.24) is 9.55 Å². The third-order valence-corrected chi connectivity index (χ3v) is 5.63. The first-order valence-electron chi connectivity index (χ1n) is 10.9. The minimum absolute atomic E-state index is 0.156. The van der Waals surface area contributed by atoms with Crippen molar-refractivity contribution < 1.29 is 14.6 Å². The topological polar surface area (TPSA) is 67.6 Å². The number of ether oxygens (including phenoxy) is 1. The van der Waals surface area contributed by atoms with E-state index in [0.717, 1.165) is 44.0 Å². The number of rotatable bonds is 13. The summed E-state index contributed by atoms with van der Waals surface area (Å²) >= 11 is 0. The van der Waals surface area contributed by atoms with Crippen LogP contribution in [-0.4, -0.2) is 40.3 Å². The number of anilines is 1. The number of nitrogens with zero attached hydrogens (tertiary/aromatic N) is 3. The Morgan fingerprint density at radius 2 is 2.10 bits per heavy atom. The van der Waals surface area contributed by atoms with Gasteiger partial charge in [-0.25, -0.2) is 4.98 Å². The fourth-order valence-electron chi connectivity index (χ4n) is 4.01. The number of carboxylic acid groups (broad SMARTS) is 1. The van der Waals surface area contributed by atoms with Gasteiger partial charge in [0.05, 0.1) is 19.4 Å². The molecule has 0 bridgehead atoms. The first kappa shape index (κ1) is 21.2. The molecule has 1 aromatic carbocycles. The summed E-state index contributed by atoms with van der Waals surface area (Å²) in [6.07, 6.45) is 12.9. The second-order valence-electron chi connectivity index (χ2n) is 7.86. The molecule has 2 heterocycles. The van der Waals surface area contributed by atoms with E-state index in [4.69, 9.17) is 9.84 Å². The normalized spacial score (nSPS) is 15.5. The van der Waals surface area contributed by atoms with Gasteiger partial charge in [-0.05, 0) is 36.6 Å². The summed E-state index contributed by atoms with van der Waals surface area (Å²) in [6.45, 7) is 5.29. The highest BCUT2D eigenvalue weighted by Gasteiger charge is 2.29. The summed E-state index contributed by atoms with van der Waals surface area (Å²) in [5.41, 5.74) is 2.43. The number of imidazole rings is 1. The highest BCUT2D eigenvalue weighted by atomic mass is 16.5. The van der Waals surface area contributed by atoms with Gasteiger partial charge in [-0.2, -0.15) is 0 Å². The van der Waals surface area contributed by atoms with Gasteiger partial charge in [-0.15, -0.1) is 0 Å². The van der Waals surface area contributed by atoms with E-state index in [0.29, 0.717) is 12.5 Å². The van der Waals surface area contributed by atoms with Gasteiger partial charge >= 0.3 is 5.97 Å². The van der Waals surface area contributed by atoms with Crippen molar-refractivity contribution in [2.75, 3.05) is 24.6 Å².